The summed E-state index contributed by atoms with van der Waals surface area (Å²) in [6.45, 7) is 1.33. The van der Waals surface area contributed by atoms with Gasteiger partial charge in [-0.3, -0.25) is 10.1 Å². The van der Waals surface area contributed by atoms with Crippen molar-refractivity contribution in [2.24, 2.45) is 7.05 Å². The van der Waals surface area contributed by atoms with Gasteiger partial charge in [-0.15, -0.1) is 0 Å². The number of hydrogen-bond donors (Lipinski definition) is 2. The summed E-state index contributed by atoms with van der Waals surface area (Å²) in [5.41, 5.74) is 3.06. The van der Waals surface area contributed by atoms with Crippen molar-refractivity contribution in [3.8, 4) is 0 Å². The highest BCUT2D eigenvalue weighted by Crippen LogP contribution is 2.26. The van der Waals surface area contributed by atoms with Crippen LogP contribution >= 0.6 is 0 Å². The van der Waals surface area contributed by atoms with E-state index in [1.54, 1.807) is 23.7 Å². The predicted molar refractivity (Wildman–Crippen MR) is 90.2 cm³/mol. The number of para-hydroxylation sites is 1. The molecule has 6 heteroatoms. The van der Waals surface area contributed by atoms with E-state index in [4.69, 9.17) is 0 Å². The Hall–Kier alpha value is -2.73. The van der Waals surface area contributed by atoms with E-state index in [2.05, 4.69) is 15.6 Å². The fourth-order valence-corrected chi connectivity index (χ4v) is 3.22. The van der Waals surface area contributed by atoms with Crippen LogP contribution < -0.4 is 10.6 Å². The van der Waals surface area contributed by atoms with Crippen LogP contribution in [-0.4, -0.2) is 22.0 Å². The Morgan fingerprint density at radius 2 is 2.12 bits per heavy atom. The standard InChI is InChI=1S/C18H17FN4O/c1-23-15-8-4-7-14(19)16(15)21-18(23)22-17(24)13-10-20-9-11-5-2-3-6-12(11)13/h2-8,13,20H,9-10H2,1H3,(H,21,22,24). The first-order valence-electron chi connectivity index (χ1n) is 7.85. The molecule has 0 spiro atoms. The van der Waals surface area contributed by atoms with Crippen LogP contribution in [-0.2, 0) is 18.4 Å². The molecule has 1 aliphatic rings. The maximum absolute atomic E-state index is 13.9. The van der Waals surface area contributed by atoms with E-state index < -0.39 is 5.82 Å². The Morgan fingerprint density at radius 1 is 1.29 bits per heavy atom. The van der Waals surface area contributed by atoms with Crippen molar-refractivity contribution in [3.05, 3.63) is 59.4 Å². The van der Waals surface area contributed by atoms with Gasteiger partial charge in [-0.2, -0.15) is 0 Å². The first kappa shape index (κ1) is 14.8. The van der Waals surface area contributed by atoms with Crippen LogP contribution in [0.5, 0.6) is 0 Å². The zero-order valence-corrected chi connectivity index (χ0v) is 13.2. The van der Waals surface area contributed by atoms with Gasteiger partial charge >= 0.3 is 0 Å². The van der Waals surface area contributed by atoms with E-state index in [9.17, 15) is 9.18 Å². The summed E-state index contributed by atoms with van der Waals surface area (Å²) in [6.07, 6.45) is 0. The number of nitrogens with zero attached hydrogens (tertiary/aromatic N) is 2. The van der Waals surface area contributed by atoms with Gasteiger partial charge in [0.15, 0.2) is 5.82 Å². The summed E-state index contributed by atoms with van der Waals surface area (Å²) in [5.74, 6) is -0.482. The lowest BCUT2D eigenvalue weighted by Crippen LogP contribution is -2.35. The molecule has 2 N–H and O–H groups in total. The van der Waals surface area contributed by atoms with E-state index in [0.29, 0.717) is 18.0 Å². The Labute approximate surface area is 138 Å². The van der Waals surface area contributed by atoms with Gasteiger partial charge in [0.05, 0.1) is 11.4 Å². The van der Waals surface area contributed by atoms with E-state index in [1.807, 2.05) is 24.3 Å². The van der Waals surface area contributed by atoms with Gasteiger partial charge in [0.2, 0.25) is 11.9 Å². The van der Waals surface area contributed by atoms with Crippen LogP contribution in [0.25, 0.3) is 11.0 Å². The number of imidazole rings is 1. The van der Waals surface area contributed by atoms with Gasteiger partial charge in [-0.05, 0) is 23.3 Å². The summed E-state index contributed by atoms with van der Waals surface area (Å²) in [7, 11) is 1.76. The lowest BCUT2D eigenvalue weighted by Gasteiger charge is -2.25. The quantitative estimate of drug-likeness (QED) is 0.761. The van der Waals surface area contributed by atoms with Crippen LogP contribution in [0.2, 0.25) is 0 Å². The van der Waals surface area contributed by atoms with Crippen LogP contribution in [0.4, 0.5) is 10.3 Å². The maximum Gasteiger partial charge on any atom is 0.235 e. The average molecular weight is 324 g/mol. The number of halogens is 1. The number of carbonyl (C=O) groups excluding carboxylic acids is 1. The maximum atomic E-state index is 13.9. The molecule has 0 bridgehead atoms. The number of nitrogens with one attached hydrogen (secondary N) is 2. The monoisotopic (exact) mass is 324 g/mol. The summed E-state index contributed by atoms with van der Waals surface area (Å²) in [4.78, 5) is 17.0. The van der Waals surface area contributed by atoms with E-state index in [-0.39, 0.29) is 17.3 Å². The minimum absolute atomic E-state index is 0.145. The molecule has 1 unspecified atom stereocenters. The van der Waals surface area contributed by atoms with Crippen molar-refractivity contribution in [3.63, 3.8) is 0 Å². The zero-order chi connectivity index (χ0) is 16.7. The molecule has 0 aliphatic carbocycles. The largest absolute Gasteiger partial charge is 0.313 e. The topological polar surface area (TPSA) is 59.0 Å². The third-order valence-corrected chi connectivity index (χ3v) is 4.51. The lowest BCUT2D eigenvalue weighted by molar-refractivity contribution is -0.117. The van der Waals surface area contributed by atoms with E-state index in [1.165, 1.54) is 6.07 Å². The second-order valence-corrected chi connectivity index (χ2v) is 5.97. The second-order valence-electron chi connectivity index (χ2n) is 5.97. The smallest absolute Gasteiger partial charge is 0.235 e. The minimum atomic E-state index is -0.395. The zero-order valence-electron chi connectivity index (χ0n) is 13.2. The van der Waals surface area contributed by atoms with Crippen molar-refractivity contribution in [2.45, 2.75) is 12.5 Å². The first-order valence-corrected chi connectivity index (χ1v) is 7.85. The number of anilines is 1. The van der Waals surface area contributed by atoms with E-state index in [0.717, 1.165) is 17.7 Å². The van der Waals surface area contributed by atoms with Crippen molar-refractivity contribution < 1.29 is 9.18 Å². The van der Waals surface area contributed by atoms with E-state index >= 15 is 0 Å². The van der Waals surface area contributed by atoms with Gasteiger partial charge < -0.3 is 9.88 Å². The number of benzene rings is 2. The van der Waals surface area contributed by atoms with Gasteiger partial charge in [0.25, 0.3) is 0 Å². The second kappa shape index (κ2) is 5.72. The Bertz CT molecular complexity index is 934. The molecule has 0 saturated heterocycles. The van der Waals surface area contributed by atoms with Gasteiger partial charge in [0.1, 0.15) is 5.52 Å². The summed E-state index contributed by atoms with van der Waals surface area (Å²) >= 11 is 0. The minimum Gasteiger partial charge on any atom is -0.313 e. The Kier molecular flexibility index (Phi) is 3.54. The molecule has 1 atom stereocenters. The molecule has 4 rings (SSSR count). The first-order chi connectivity index (χ1) is 11.6. The molecule has 1 aliphatic heterocycles. The molecular formula is C18H17FN4O. The van der Waals surface area contributed by atoms with Crippen LogP contribution in [0.3, 0.4) is 0 Å². The van der Waals surface area contributed by atoms with Crippen molar-refractivity contribution >= 4 is 22.9 Å². The van der Waals surface area contributed by atoms with Crippen molar-refractivity contribution in [1.82, 2.24) is 14.9 Å². The highest BCUT2D eigenvalue weighted by atomic mass is 19.1. The van der Waals surface area contributed by atoms with Gasteiger partial charge in [0, 0.05) is 20.1 Å². The Balaban J connectivity index is 1.66. The molecular weight excluding hydrogens is 307 g/mol. The molecule has 1 amide bonds. The summed E-state index contributed by atoms with van der Waals surface area (Å²) in [5, 5.41) is 6.10. The number of fused-ring (bicyclic) bond motifs is 2. The molecule has 0 radical (unpaired) electrons. The SMILES string of the molecule is Cn1c(NC(=O)C2CNCc3ccccc32)nc2c(F)cccc21. The third-order valence-electron chi connectivity index (χ3n) is 4.51. The number of carbonyl (C=O) groups is 1. The molecule has 0 saturated carbocycles. The average Bonchev–Trinajstić information content (AvgIpc) is 2.92. The van der Waals surface area contributed by atoms with Gasteiger partial charge in [-0.25, -0.2) is 9.37 Å². The fourth-order valence-electron chi connectivity index (χ4n) is 3.22. The van der Waals surface area contributed by atoms with Crippen LogP contribution in [0, 0.1) is 5.82 Å². The van der Waals surface area contributed by atoms with Crippen molar-refractivity contribution in [1.29, 1.82) is 0 Å². The molecule has 1 aromatic heterocycles. The highest BCUT2D eigenvalue weighted by Gasteiger charge is 2.27. The molecule has 5 nitrogen and oxygen atoms in total. The third kappa shape index (κ3) is 2.35. The molecule has 0 fully saturated rings. The summed E-state index contributed by atoms with van der Waals surface area (Å²) < 4.78 is 15.6. The van der Waals surface area contributed by atoms with Crippen molar-refractivity contribution in [2.75, 3.05) is 11.9 Å². The number of hydrogen-bond acceptors (Lipinski definition) is 3. The number of aryl methyl sites for hydroxylation is 1. The van der Waals surface area contributed by atoms with Crippen LogP contribution in [0.1, 0.15) is 17.0 Å². The predicted octanol–water partition coefficient (Wildman–Crippen LogP) is 2.54. The van der Waals surface area contributed by atoms with Crippen LogP contribution in [0.15, 0.2) is 42.5 Å². The fraction of sp³-hybridized carbons (Fsp3) is 0.222. The highest BCUT2D eigenvalue weighted by molar-refractivity contribution is 5.96. The molecule has 3 aromatic rings. The molecule has 24 heavy (non-hydrogen) atoms. The summed E-state index contributed by atoms with van der Waals surface area (Å²) in [6, 6.07) is 12.7. The lowest BCUT2D eigenvalue weighted by atomic mass is 9.90. The number of amides is 1. The molecule has 122 valence electrons. The number of aromatic nitrogens is 2. The van der Waals surface area contributed by atoms with Gasteiger partial charge in [-0.1, -0.05) is 30.3 Å². The molecule has 2 heterocycles. The normalized spacial score (nSPS) is 16.8. The Morgan fingerprint density at radius 3 is 2.96 bits per heavy atom. The molecule has 2 aromatic carbocycles. The number of rotatable bonds is 2.